The highest BCUT2D eigenvalue weighted by Crippen LogP contribution is 2.60. The Morgan fingerprint density at radius 2 is 1.19 bits per heavy atom. The first kappa shape index (κ1) is 19.3. The number of anilines is 4. The molecule has 0 spiro atoms. The normalized spacial score (nSPS) is 28.5. The summed E-state index contributed by atoms with van der Waals surface area (Å²) in [5.74, 6) is 4.48. The van der Waals surface area contributed by atoms with Gasteiger partial charge in [-0.3, -0.25) is 0 Å². The summed E-state index contributed by atoms with van der Waals surface area (Å²) in [6.45, 7) is 0. The van der Waals surface area contributed by atoms with E-state index in [0.717, 1.165) is 45.2 Å². The van der Waals surface area contributed by atoms with Gasteiger partial charge in [-0.25, -0.2) is 9.97 Å². The smallest absolute Gasteiger partial charge is 0.135 e. The molecule has 1 heterocycles. The Labute approximate surface area is 192 Å². The van der Waals surface area contributed by atoms with Crippen LogP contribution < -0.4 is 10.6 Å². The first-order valence-corrected chi connectivity index (χ1v) is 12.2. The van der Waals surface area contributed by atoms with E-state index in [9.17, 15) is 0 Å². The molecule has 0 radical (unpaired) electrons. The highest BCUT2D eigenvalue weighted by molar-refractivity contribution is 9.10. The molecule has 4 saturated carbocycles. The molecular weight excluding hydrogens is 448 g/mol. The zero-order valence-electron chi connectivity index (χ0n) is 17.5. The Hall–Kier alpha value is -2.40. The average molecular weight is 475 g/mol. The Kier molecular flexibility index (Phi) is 4.75. The van der Waals surface area contributed by atoms with Gasteiger partial charge in [0.15, 0.2) is 0 Å². The maximum absolute atomic E-state index is 4.40. The van der Waals surface area contributed by atoms with Gasteiger partial charge in [0.1, 0.15) is 18.0 Å². The zero-order chi connectivity index (χ0) is 20.8. The number of benzene rings is 2. The van der Waals surface area contributed by atoms with E-state index < -0.39 is 0 Å². The van der Waals surface area contributed by atoms with E-state index >= 15 is 0 Å². The molecule has 1 aromatic heterocycles. The lowest BCUT2D eigenvalue weighted by Gasteiger charge is -2.57. The van der Waals surface area contributed by atoms with E-state index in [1.165, 1.54) is 38.5 Å². The van der Waals surface area contributed by atoms with Gasteiger partial charge in [-0.05, 0) is 104 Å². The minimum absolute atomic E-state index is 0.448. The molecule has 31 heavy (non-hydrogen) atoms. The standard InChI is InChI=1S/C26H27BrN4/c27-21-3-7-23(8-4-21)31-25-12-24(28-16-29-25)30-22-5-1-20(2-6-22)26-13-17-9-18(14-26)11-19(10-17)15-26/h1-8,12,16-19H,9-11,13-15H2,(H2,28,29,30,31). The van der Waals surface area contributed by atoms with Crippen LogP contribution in [0.2, 0.25) is 0 Å². The summed E-state index contributed by atoms with van der Waals surface area (Å²) in [6.07, 6.45) is 10.3. The van der Waals surface area contributed by atoms with Crippen molar-refractivity contribution in [3.05, 3.63) is 71.0 Å². The third kappa shape index (κ3) is 3.84. The highest BCUT2D eigenvalue weighted by atomic mass is 79.9. The van der Waals surface area contributed by atoms with Crippen LogP contribution >= 0.6 is 15.9 Å². The van der Waals surface area contributed by atoms with Gasteiger partial charge in [-0.2, -0.15) is 0 Å². The Morgan fingerprint density at radius 1 is 0.710 bits per heavy atom. The van der Waals surface area contributed by atoms with Crippen molar-refractivity contribution in [3.8, 4) is 0 Å². The Morgan fingerprint density at radius 3 is 1.71 bits per heavy atom. The molecule has 0 unspecified atom stereocenters. The lowest BCUT2D eigenvalue weighted by atomic mass is 9.48. The van der Waals surface area contributed by atoms with Gasteiger partial charge in [0.05, 0.1) is 0 Å². The van der Waals surface area contributed by atoms with Gasteiger partial charge in [-0.15, -0.1) is 0 Å². The molecule has 0 atom stereocenters. The topological polar surface area (TPSA) is 49.8 Å². The molecular formula is C26H27BrN4. The van der Waals surface area contributed by atoms with Crippen molar-refractivity contribution in [2.75, 3.05) is 10.6 Å². The molecule has 4 aliphatic carbocycles. The second-order valence-electron chi connectivity index (χ2n) is 9.82. The minimum Gasteiger partial charge on any atom is -0.340 e. The summed E-state index contributed by atoms with van der Waals surface area (Å²) < 4.78 is 1.06. The van der Waals surface area contributed by atoms with Crippen LogP contribution in [-0.4, -0.2) is 9.97 Å². The van der Waals surface area contributed by atoms with Crippen molar-refractivity contribution in [1.29, 1.82) is 0 Å². The zero-order valence-corrected chi connectivity index (χ0v) is 19.1. The van der Waals surface area contributed by atoms with E-state index in [-0.39, 0.29) is 0 Å². The average Bonchev–Trinajstić information content (AvgIpc) is 2.75. The SMILES string of the molecule is Brc1ccc(Nc2cc(Nc3ccc(C45CC6CC(CC(C6)C4)C5)cc3)ncn2)cc1. The summed E-state index contributed by atoms with van der Waals surface area (Å²) in [5, 5.41) is 6.77. The van der Waals surface area contributed by atoms with Gasteiger partial charge in [0.25, 0.3) is 0 Å². The molecule has 4 bridgehead atoms. The summed E-state index contributed by atoms with van der Waals surface area (Å²) >= 11 is 3.47. The van der Waals surface area contributed by atoms with Gasteiger partial charge in [0, 0.05) is 21.9 Å². The summed E-state index contributed by atoms with van der Waals surface area (Å²) in [4.78, 5) is 8.74. The van der Waals surface area contributed by atoms with Crippen LogP contribution in [-0.2, 0) is 5.41 Å². The van der Waals surface area contributed by atoms with Gasteiger partial charge in [-0.1, -0.05) is 28.1 Å². The third-order valence-electron chi connectivity index (χ3n) is 7.59. The van der Waals surface area contributed by atoms with Gasteiger partial charge < -0.3 is 10.6 Å². The fraction of sp³-hybridized carbons (Fsp3) is 0.385. The van der Waals surface area contributed by atoms with E-state index in [2.05, 4.69) is 60.8 Å². The number of aromatic nitrogens is 2. The maximum Gasteiger partial charge on any atom is 0.135 e. The number of hydrogen-bond acceptors (Lipinski definition) is 4. The van der Waals surface area contributed by atoms with E-state index in [1.807, 2.05) is 30.3 Å². The van der Waals surface area contributed by atoms with Crippen molar-refractivity contribution >= 4 is 38.9 Å². The third-order valence-corrected chi connectivity index (χ3v) is 8.12. The molecule has 2 aromatic carbocycles. The Bertz CT molecular complexity index is 1040. The van der Waals surface area contributed by atoms with Crippen LogP contribution in [0.3, 0.4) is 0 Å². The van der Waals surface area contributed by atoms with Crippen molar-refractivity contribution in [1.82, 2.24) is 9.97 Å². The van der Waals surface area contributed by atoms with Crippen LogP contribution in [0.5, 0.6) is 0 Å². The molecule has 4 nitrogen and oxygen atoms in total. The van der Waals surface area contributed by atoms with Crippen molar-refractivity contribution < 1.29 is 0 Å². The second kappa shape index (κ2) is 7.63. The minimum atomic E-state index is 0.448. The van der Waals surface area contributed by atoms with Crippen molar-refractivity contribution in [2.24, 2.45) is 17.8 Å². The van der Waals surface area contributed by atoms with Crippen LogP contribution in [0, 0.1) is 17.8 Å². The van der Waals surface area contributed by atoms with Crippen LogP contribution in [0.4, 0.5) is 23.0 Å². The van der Waals surface area contributed by atoms with Crippen LogP contribution in [0.1, 0.15) is 44.1 Å². The molecule has 7 rings (SSSR count). The molecule has 0 amide bonds. The van der Waals surface area contributed by atoms with Crippen molar-refractivity contribution in [2.45, 2.75) is 43.9 Å². The van der Waals surface area contributed by atoms with Gasteiger partial charge >= 0.3 is 0 Å². The lowest BCUT2D eigenvalue weighted by molar-refractivity contribution is -0.00518. The number of hydrogen-bond donors (Lipinski definition) is 2. The maximum atomic E-state index is 4.40. The molecule has 0 saturated heterocycles. The first-order valence-electron chi connectivity index (χ1n) is 11.4. The largest absolute Gasteiger partial charge is 0.340 e. The molecule has 3 aromatic rings. The number of nitrogens with one attached hydrogen (secondary N) is 2. The van der Waals surface area contributed by atoms with Crippen LogP contribution in [0.15, 0.2) is 65.4 Å². The fourth-order valence-electron chi connectivity index (χ4n) is 6.69. The quantitative estimate of drug-likeness (QED) is 0.410. The molecule has 5 heteroatoms. The fourth-order valence-corrected chi connectivity index (χ4v) is 6.96. The van der Waals surface area contributed by atoms with E-state index in [1.54, 1.807) is 11.9 Å². The van der Waals surface area contributed by atoms with E-state index in [0.29, 0.717) is 5.41 Å². The summed E-state index contributed by atoms with van der Waals surface area (Å²) in [7, 11) is 0. The molecule has 4 aliphatic rings. The van der Waals surface area contributed by atoms with Crippen molar-refractivity contribution in [3.63, 3.8) is 0 Å². The predicted molar refractivity (Wildman–Crippen MR) is 129 cm³/mol. The monoisotopic (exact) mass is 474 g/mol. The molecule has 4 fully saturated rings. The lowest BCUT2D eigenvalue weighted by Crippen LogP contribution is -2.48. The summed E-state index contributed by atoms with van der Waals surface area (Å²) in [5.41, 5.74) is 4.07. The number of rotatable bonds is 5. The first-order chi connectivity index (χ1) is 15.1. The number of halogens is 1. The predicted octanol–water partition coefficient (Wildman–Crippen LogP) is 7.19. The van der Waals surface area contributed by atoms with Gasteiger partial charge in [0.2, 0.25) is 0 Å². The second-order valence-corrected chi connectivity index (χ2v) is 10.7. The number of nitrogens with zero attached hydrogens (tertiary/aromatic N) is 2. The van der Waals surface area contributed by atoms with Crippen LogP contribution in [0.25, 0.3) is 0 Å². The molecule has 158 valence electrons. The highest BCUT2D eigenvalue weighted by Gasteiger charge is 2.51. The Balaban J connectivity index is 1.17. The molecule has 0 aliphatic heterocycles. The van der Waals surface area contributed by atoms with E-state index in [4.69, 9.17) is 0 Å². The summed E-state index contributed by atoms with van der Waals surface area (Å²) in [6, 6.07) is 19.1. The molecule has 2 N–H and O–H groups in total.